The van der Waals surface area contributed by atoms with Gasteiger partial charge in [-0.3, -0.25) is 10.1 Å². The van der Waals surface area contributed by atoms with E-state index >= 15 is 0 Å². The molecular formula is C14H28N2O. The van der Waals surface area contributed by atoms with Gasteiger partial charge in [0.25, 0.3) is 0 Å². The van der Waals surface area contributed by atoms with Crippen LogP contribution in [0.25, 0.3) is 0 Å². The Morgan fingerprint density at radius 1 is 1.41 bits per heavy atom. The van der Waals surface area contributed by atoms with Crippen molar-refractivity contribution >= 4 is 5.91 Å². The molecule has 0 bridgehead atoms. The zero-order valence-electron chi connectivity index (χ0n) is 12.0. The van der Waals surface area contributed by atoms with E-state index < -0.39 is 0 Å². The van der Waals surface area contributed by atoms with Gasteiger partial charge in [-0.25, -0.2) is 0 Å². The Hall–Kier alpha value is -0.570. The summed E-state index contributed by atoms with van der Waals surface area (Å²) in [5.74, 6) is 0.905. The summed E-state index contributed by atoms with van der Waals surface area (Å²) in [5.41, 5.74) is -0.340. The molecule has 0 aromatic heterocycles. The van der Waals surface area contributed by atoms with Gasteiger partial charge in [0.2, 0.25) is 5.91 Å². The normalized spacial score (nSPS) is 29.4. The van der Waals surface area contributed by atoms with E-state index in [4.69, 9.17) is 0 Å². The quantitative estimate of drug-likeness (QED) is 0.774. The first-order valence-corrected chi connectivity index (χ1v) is 7.03. The molecule has 0 radical (unpaired) electrons. The second-order valence-corrected chi connectivity index (χ2v) is 5.83. The van der Waals surface area contributed by atoms with Gasteiger partial charge in [0.15, 0.2) is 0 Å². The van der Waals surface area contributed by atoms with Gasteiger partial charge in [0, 0.05) is 6.54 Å². The van der Waals surface area contributed by atoms with E-state index in [1.165, 1.54) is 0 Å². The molecule has 1 aliphatic heterocycles. The third-order valence-electron chi connectivity index (χ3n) is 3.75. The summed E-state index contributed by atoms with van der Waals surface area (Å²) in [7, 11) is 0. The average molecular weight is 240 g/mol. The fourth-order valence-electron chi connectivity index (χ4n) is 2.44. The molecule has 100 valence electrons. The van der Waals surface area contributed by atoms with Crippen molar-refractivity contribution in [1.29, 1.82) is 0 Å². The molecule has 1 heterocycles. The molecule has 1 amide bonds. The number of hydrogen-bond acceptors (Lipinski definition) is 2. The summed E-state index contributed by atoms with van der Waals surface area (Å²) in [6.45, 7) is 11.6. The number of hydrogen-bond donors (Lipinski definition) is 1. The van der Waals surface area contributed by atoms with Crippen LogP contribution in [-0.2, 0) is 4.79 Å². The number of nitrogens with zero attached hydrogens (tertiary/aromatic N) is 1. The fourth-order valence-corrected chi connectivity index (χ4v) is 2.44. The van der Waals surface area contributed by atoms with Crippen LogP contribution in [-0.4, -0.2) is 29.1 Å². The number of rotatable bonds is 6. The van der Waals surface area contributed by atoms with Gasteiger partial charge >= 0.3 is 0 Å². The molecule has 3 nitrogen and oxygen atoms in total. The zero-order chi connectivity index (χ0) is 13.1. The molecular weight excluding hydrogens is 212 g/mol. The van der Waals surface area contributed by atoms with E-state index in [1.54, 1.807) is 0 Å². The van der Waals surface area contributed by atoms with Crippen molar-refractivity contribution in [2.75, 3.05) is 6.54 Å². The second-order valence-electron chi connectivity index (χ2n) is 5.83. The first-order chi connectivity index (χ1) is 7.94. The largest absolute Gasteiger partial charge is 0.326 e. The van der Waals surface area contributed by atoms with Crippen molar-refractivity contribution in [3.63, 3.8) is 0 Å². The van der Waals surface area contributed by atoms with Crippen LogP contribution in [0.5, 0.6) is 0 Å². The van der Waals surface area contributed by atoms with Crippen LogP contribution in [0.4, 0.5) is 0 Å². The highest BCUT2D eigenvalue weighted by Crippen LogP contribution is 2.27. The zero-order valence-corrected chi connectivity index (χ0v) is 12.0. The Labute approximate surface area is 106 Å². The summed E-state index contributed by atoms with van der Waals surface area (Å²) >= 11 is 0. The van der Waals surface area contributed by atoms with Crippen molar-refractivity contribution in [2.45, 2.75) is 72.0 Å². The van der Waals surface area contributed by atoms with Crippen LogP contribution in [0, 0.1) is 5.92 Å². The van der Waals surface area contributed by atoms with Crippen LogP contribution in [0.3, 0.4) is 0 Å². The third-order valence-corrected chi connectivity index (χ3v) is 3.75. The predicted octanol–water partition coefficient (Wildman–Crippen LogP) is 2.76. The maximum Gasteiger partial charge on any atom is 0.243 e. The lowest BCUT2D eigenvalue weighted by atomic mass is 9.99. The lowest BCUT2D eigenvalue weighted by Crippen LogP contribution is -2.44. The molecule has 3 heteroatoms. The van der Waals surface area contributed by atoms with Gasteiger partial charge in [-0.2, -0.15) is 0 Å². The first kappa shape index (κ1) is 14.5. The van der Waals surface area contributed by atoms with Crippen LogP contribution in [0.15, 0.2) is 0 Å². The summed E-state index contributed by atoms with van der Waals surface area (Å²) in [5, 5.41) is 3.53. The minimum Gasteiger partial charge on any atom is -0.326 e. The summed E-state index contributed by atoms with van der Waals surface area (Å²) in [4.78, 5) is 14.5. The highest BCUT2D eigenvalue weighted by Gasteiger charge is 2.46. The highest BCUT2D eigenvalue weighted by molar-refractivity contribution is 5.88. The summed E-state index contributed by atoms with van der Waals surface area (Å²) < 4.78 is 0. The van der Waals surface area contributed by atoms with E-state index in [1.807, 2.05) is 6.92 Å². The second kappa shape index (κ2) is 5.85. The fraction of sp³-hybridized carbons (Fsp3) is 0.929. The van der Waals surface area contributed by atoms with E-state index in [2.05, 4.69) is 37.9 Å². The van der Waals surface area contributed by atoms with Crippen molar-refractivity contribution in [2.24, 2.45) is 5.92 Å². The van der Waals surface area contributed by atoms with E-state index in [0.29, 0.717) is 11.8 Å². The third kappa shape index (κ3) is 3.21. The topological polar surface area (TPSA) is 32.3 Å². The number of nitrogens with one attached hydrogen (secondary N) is 1. The Kier molecular flexibility index (Phi) is 4.99. The molecule has 17 heavy (non-hydrogen) atoms. The van der Waals surface area contributed by atoms with Crippen molar-refractivity contribution < 1.29 is 4.79 Å². The monoisotopic (exact) mass is 240 g/mol. The molecule has 0 spiro atoms. The molecule has 1 saturated heterocycles. The standard InChI is InChI=1S/C14H28N2O/c1-6-8-9-16-12(10-11(3)4)15-14(5,7-2)13(16)17/h11-12,15H,6-10H2,1-5H3. The maximum atomic E-state index is 12.4. The SMILES string of the molecule is CCCCN1C(=O)C(C)(CC)NC1CC(C)C. The summed E-state index contributed by atoms with van der Waals surface area (Å²) in [6.07, 6.45) is 4.38. The minimum atomic E-state index is -0.340. The Morgan fingerprint density at radius 2 is 2.06 bits per heavy atom. The molecule has 0 saturated carbocycles. The molecule has 1 aliphatic rings. The van der Waals surface area contributed by atoms with Gasteiger partial charge < -0.3 is 4.90 Å². The van der Waals surface area contributed by atoms with Gasteiger partial charge in [0.1, 0.15) is 0 Å². The highest BCUT2D eigenvalue weighted by atomic mass is 16.2. The number of amides is 1. The van der Waals surface area contributed by atoms with Gasteiger partial charge in [-0.1, -0.05) is 34.1 Å². The molecule has 2 atom stereocenters. The van der Waals surface area contributed by atoms with E-state index in [9.17, 15) is 4.79 Å². The minimum absolute atomic E-state index is 0.235. The van der Waals surface area contributed by atoms with Gasteiger partial charge in [-0.15, -0.1) is 0 Å². The van der Waals surface area contributed by atoms with Crippen molar-refractivity contribution in [1.82, 2.24) is 10.2 Å². The Bertz CT molecular complexity index is 265. The number of carbonyl (C=O) groups is 1. The van der Waals surface area contributed by atoms with Crippen LogP contribution in [0.2, 0.25) is 0 Å². The van der Waals surface area contributed by atoms with Gasteiger partial charge in [-0.05, 0) is 32.1 Å². The number of unbranched alkanes of at least 4 members (excludes halogenated alkanes) is 1. The molecule has 1 N–H and O–H groups in total. The molecule has 0 aromatic carbocycles. The van der Waals surface area contributed by atoms with Crippen LogP contribution < -0.4 is 5.32 Å². The van der Waals surface area contributed by atoms with E-state index in [0.717, 1.165) is 32.2 Å². The molecule has 1 fully saturated rings. The molecule has 2 unspecified atom stereocenters. The average Bonchev–Trinajstić information content (AvgIpc) is 2.49. The van der Waals surface area contributed by atoms with E-state index in [-0.39, 0.29) is 11.7 Å². The van der Waals surface area contributed by atoms with Crippen LogP contribution >= 0.6 is 0 Å². The Balaban J connectivity index is 2.76. The smallest absolute Gasteiger partial charge is 0.243 e. The van der Waals surface area contributed by atoms with Crippen LogP contribution in [0.1, 0.15) is 60.3 Å². The predicted molar refractivity (Wildman–Crippen MR) is 71.7 cm³/mol. The lowest BCUT2D eigenvalue weighted by molar-refractivity contribution is -0.133. The van der Waals surface area contributed by atoms with Crippen molar-refractivity contribution in [3.8, 4) is 0 Å². The lowest BCUT2D eigenvalue weighted by Gasteiger charge is -2.25. The summed E-state index contributed by atoms with van der Waals surface area (Å²) in [6, 6.07) is 0. The Morgan fingerprint density at radius 3 is 2.53 bits per heavy atom. The number of carbonyl (C=O) groups excluding carboxylic acids is 1. The molecule has 1 rings (SSSR count). The van der Waals surface area contributed by atoms with Crippen molar-refractivity contribution in [3.05, 3.63) is 0 Å². The van der Waals surface area contributed by atoms with Gasteiger partial charge in [0.05, 0.1) is 11.7 Å². The molecule has 0 aliphatic carbocycles. The molecule has 0 aromatic rings. The first-order valence-electron chi connectivity index (χ1n) is 7.03. The maximum absolute atomic E-state index is 12.4.